The number of halogens is 1. The summed E-state index contributed by atoms with van der Waals surface area (Å²) in [7, 11) is 0. The molecule has 3 atom stereocenters. The number of fused-ring (bicyclic) bond motifs is 2. The lowest BCUT2D eigenvalue weighted by molar-refractivity contribution is 0.0768. The molecule has 1 amide bonds. The van der Waals surface area contributed by atoms with Crippen LogP contribution in [0.1, 0.15) is 38.5 Å². The predicted octanol–water partition coefficient (Wildman–Crippen LogP) is 6.15. The number of aromatic nitrogens is 2. The minimum Gasteiger partial charge on any atom is -0.337 e. The highest BCUT2D eigenvalue weighted by Gasteiger charge is 2.71. The molecule has 2 aliphatic rings. The van der Waals surface area contributed by atoms with E-state index in [1.54, 1.807) is 30.3 Å². The quantitative estimate of drug-likeness (QED) is 0.290. The Labute approximate surface area is 225 Å². The fraction of sp³-hybridized carbons (Fsp3) is 0.182. The first-order valence-corrected chi connectivity index (χ1v) is 13.1. The second-order valence-electron chi connectivity index (χ2n) is 10.6. The number of hydrogen-bond donors (Lipinski definition) is 0. The zero-order chi connectivity index (χ0) is 26.7. The molecule has 0 N–H and O–H groups in total. The number of nitriles is 1. The molecule has 6 heteroatoms. The van der Waals surface area contributed by atoms with Crippen molar-refractivity contribution in [3.05, 3.63) is 131 Å². The summed E-state index contributed by atoms with van der Waals surface area (Å²) >= 11 is 0. The van der Waals surface area contributed by atoms with Crippen molar-refractivity contribution in [1.82, 2.24) is 14.7 Å². The van der Waals surface area contributed by atoms with Gasteiger partial charge in [-0.25, -0.2) is 9.07 Å². The Hall–Kier alpha value is -4.76. The first-order chi connectivity index (χ1) is 19.0. The van der Waals surface area contributed by atoms with Crippen LogP contribution in [0.3, 0.4) is 0 Å². The van der Waals surface area contributed by atoms with Gasteiger partial charge in [0.15, 0.2) is 0 Å². The van der Waals surface area contributed by atoms with Gasteiger partial charge in [-0.05, 0) is 78.1 Å². The van der Waals surface area contributed by atoms with E-state index in [0.717, 1.165) is 22.2 Å². The summed E-state index contributed by atoms with van der Waals surface area (Å²) in [6, 6.07) is 30.5. The third kappa shape index (κ3) is 3.50. The number of hydrogen-bond acceptors (Lipinski definition) is 3. The fourth-order valence-electron chi connectivity index (χ4n) is 6.82. The Morgan fingerprint density at radius 2 is 1.77 bits per heavy atom. The molecule has 1 aliphatic heterocycles. The van der Waals surface area contributed by atoms with Gasteiger partial charge >= 0.3 is 0 Å². The number of rotatable bonds is 4. The summed E-state index contributed by atoms with van der Waals surface area (Å²) in [4.78, 5) is 15.5. The van der Waals surface area contributed by atoms with E-state index in [1.165, 1.54) is 23.3 Å². The van der Waals surface area contributed by atoms with Crippen molar-refractivity contribution in [2.75, 3.05) is 13.1 Å². The topological polar surface area (TPSA) is 61.9 Å². The van der Waals surface area contributed by atoms with Crippen molar-refractivity contribution in [2.24, 2.45) is 5.92 Å². The molecule has 0 radical (unpaired) electrons. The second kappa shape index (κ2) is 8.64. The highest BCUT2D eigenvalue weighted by atomic mass is 19.1. The van der Waals surface area contributed by atoms with E-state index in [4.69, 9.17) is 0 Å². The Kier molecular flexibility index (Phi) is 5.18. The molecule has 2 fully saturated rings. The lowest BCUT2D eigenvalue weighted by Gasteiger charge is -2.26. The average molecular weight is 513 g/mol. The van der Waals surface area contributed by atoms with Crippen molar-refractivity contribution >= 4 is 16.8 Å². The molecule has 2 heterocycles. The number of benzene rings is 4. The second-order valence-corrected chi connectivity index (χ2v) is 10.6. The van der Waals surface area contributed by atoms with E-state index in [2.05, 4.69) is 54.5 Å². The smallest absolute Gasteiger partial charge is 0.255 e. The maximum absolute atomic E-state index is 13.6. The van der Waals surface area contributed by atoms with E-state index in [0.29, 0.717) is 30.1 Å². The van der Waals surface area contributed by atoms with Gasteiger partial charge < -0.3 is 4.90 Å². The molecule has 1 aliphatic carbocycles. The highest BCUT2D eigenvalue weighted by molar-refractivity contribution is 5.97. The van der Waals surface area contributed by atoms with Crippen molar-refractivity contribution in [3.8, 4) is 11.8 Å². The van der Waals surface area contributed by atoms with Crippen molar-refractivity contribution in [2.45, 2.75) is 18.3 Å². The monoisotopic (exact) mass is 512 g/mol. The molecule has 0 bridgehead atoms. The van der Waals surface area contributed by atoms with Crippen LogP contribution in [0.25, 0.3) is 16.6 Å². The van der Waals surface area contributed by atoms with Crippen LogP contribution in [0.5, 0.6) is 0 Å². The normalized spacial score (nSPS) is 21.5. The van der Waals surface area contributed by atoms with Crippen molar-refractivity contribution < 1.29 is 9.18 Å². The summed E-state index contributed by atoms with van der Waals surface area (Å²) in [6.07, 6.45) is 1.86. The number of nitrogens with zero attached hydrogens (tertiary/aromatic N) is 4. The molecule has 4 aromatic carbocycles. The van der Waals surface area contributed by atoms with Gasteiger partial charge in [-0.15, -0.1) is 0 Å². The van der Waals surface area contributed by atoms with Gasteiger partial charge in [0, 0.05) is 29.8 Å². The minimum absolute atomic E-state index is 0.0894. The maximum Gasteiger partial charge on any atom is 0.255 e. The van der Waals surface area contributed by atoms with E-state index in [1.807, 2.05) is 27.9 Å². The van der Waals surface area contributed by atoms with Crippen LogP contribution in [-0.2, 0) is 5.41 Å². The Balaban J connectivity index is 1.31. The first kappa shape index (κ1) is 23.4. The zero-order valence-corrected chi connectivity index (χ0v) is 21.4. The van der Waals surface area contributed by atoms with E-state index in [-0.39, 0.29) is 23.1 Å². The lowest BCUT2D eigenvalue weighted by Crippen LogP contribution is -2.35. The van der Waals surface area contributed by atoms with Gasteiger partial charge in [-0.3, -0.25) is 4.79 Å². The van der Waals surface area contributed by atoms with Crippen LogP contribution in [0.4, 0.5) is 4.39 Å². The molecule has 1 aromatic heterocycles. The third-order valence-corrected chi connectivity index (χ3v) is 8.59. The molecular weight excluding hydrogens is 487 g/mol. The lowest BCUT2D eigenvalue weighted by atomic mass is 9.86. The molecule has 5 aromatic rings. The summed E-state index contributed by atoms with van der Waals surface area (Å²) in [5, 5.41) is 15.2. The standard InChI is InChI=1S/C33H25FN4O/c1-21-15-30-24(18-36-38(30)26-13-11-25(34)12-14-26)16-28(21)33-20-37(32(39)27-10-6-5-9-23(27)17-35)19-29(33)31(33)22-7-3-2-4-8-22/h2-16,18,29,31H,19-20H2,1H3/t29-,31-,33+/m1/s1. The van der Waals surface area contributed by atoms with Crippen LogP contribution >= 0.6 is 0 Å². The molecule has 0 spiro atoms. The molecule has 1 saturated heterocycles. The Bertz CT molecular complexity index is 1790. The number of carbonyl (C=O) groups excluding carboxylic acids is 1. The SMILES string of the molecule is Cc1cc2c(cnn2-c2ccc(F)cc2)cc1[C@@]12CN(C(=O)c3ccccc3C#N)C[C@@H]1[C@H]2c1ccccc1. The fourth-order valence-corrected chi connectivity index (χ4v) is 6.82. The number of piperidine rings is 1. The predicted molar refractivity (Wildman–Crippen MR) is 147 cm³/mol. The Morgan fingerprint density at radius 1 is 1.03 bits per heavy atom. The third-order valence-electron chi connectivity index (χ3n) is 8.59. The first-order valence-electron chi connectivity index (χ1n) is 13.1. The number of likely N-dealkylation sites (tertiary alicyclic amines) is 1. The van der Waals surface area contributed by atoms with Crippen LogP contribution in [-0.4, -0.2) is 33.7 Å². The molecule has 39 heavy (non-hydrogen) atoms. The maximum atomic E-state index is 13.6. The minimum atomic E-state index is -0.280. The number of carbonyl (C=O) groups is 1. The van der Waals surface area contributed by atoms with Crippen LogP contribution in [0, 0.1) is 30.0 Å². The highest BCUT2D eigenvalue weighted by Crippen LogP contribution is 2.70. The summed E-state index contributed by atoms with van der Waals surface area (Å²) < 4.78 is 15.4. The van der Waals surface area contributed by atoms with Gasteiger partial charge in [0.1, 0.15) is 5.82 Å². The molecule has 0 unspecified atom stereocenters. The zero-order valence-electron chi connectivity index (χ0n) is 21.4. The molecule has 190 valence electrons. The molecule has 5 nitrogen and oxygen atoms in total. The van der Waals surface area contributed by atoms with Gasteiger partial charge in [0.2, 0.25) is 0 Å². The van der Waals surface area contributed by atoms with E-state index >= 15 is 0 Å². The summed E-state index contributed by atoms with van der Waals surface area (Å²) in [5.74, 6) is 0.212. The average Bonchev–Trinajstić information content (AvgIpc) is 3.22. The molecule has 1 saturated carbocycles. The van der Waals surface area contributed by atoms with Crippen molar-refractivity contribution in [3.63, 3.8) is 0 Å². The number of amides is 1. The van der Waals surface area contributed by atoms with Crippen LogP contribution in [0.15, 0.2) is 97.2 Å². The van der Waals surface area contributed by atoms with E-state index < -0.39 is 0 Å². The summed E-state index contributed by atoms with van der Waals surface area (Å²) in [6.45, 7) is 3.36. The molecular formula is C33H25FN4O. The van der Waals surface area contributed by atoms with Gasteiger partial charge in [0.05, 0.1) is 34.6 Å². The van der Waals surface area contributed by atoms with Crippen LogP contribution < -0.4 is 0 Å². The number of aryl methyl sites for hydroxylation is 1. The van der Waals surface area contributed by atoms with Gasteiger partial charge in [0.25, 0.3) is 5.91 Å². The van der Waals surface area contributed by atoms with Crippen LogP contribution in [0.2, 0.25) is 0 Å². The van der Waals surface area contributed by atoms with Gasteiger partial charge in [-0.2, -0.15) is 10.4 Å². The van der Waals surface area contributed by atoms with Gasteiger partial charge in [-0.1, -0.05) is 42.5 Å². The van der Waals surface area contributed by atoms with E-state index in [9.17, 15) is 14.4 Å². The molecule has 7 rings (SSSR count). The summed E-state index contributed by atoms with van der Waals surface area (Å²) in [5.41, 5.74) is 6.07. The largest absolute Gasteiger partial charge is 0.337 e. The Morgan fingerprint density at radius 3 is 2.54 bits per heavy atom. The van der Waals surface area contributed by atoms with Crippen molar-refractivity contribution in [1.29, 1.82) is 5.26 Å².